The number of anilines is 1. The first kappa shape index (κ1) is 15.1. The molecule has 1 amide bonds. The molecule has 2 N–H and O–H groups in total. The summed E-state index contributed by atoms with van der Waals surface area (Å²) >= 11 is 0. The number of terminal acetylenes is 1. The predicted octanol–water partition coefficient (Wildman–Crippen LogP) is 1.35. The number of nitrogens with one attached hydrogen (secondary N) is 2. The lowest BCUT2D eigenvalue weighted by Crippen LogP contribution is -2.30. The van der Waals surface area contributed by atoms with E-state index in [1.807, 2.05) is 0 Å². The van der Waals surface area contributed by atoms with Gasteiger partial charge in [-0.25, -0.2) is 0 Å². The molecule has 1 fully saturated rings. The van der Waals surface area contributed by atoms with Gasteiger partial charge in [0.15, 0.2) is 0 Å². The van der Waals surface area contributed by atoms with E-state index in [2.05, 4.69) is 26.5 Å². The van der Waals surface area contributed by atoms with Crippen LogP contribution in [0.3, 0.4) is 0 Å². The zero-order chi connectivity index (χ0) is 14.9. The molecule has 0 saturated heterocycles. The van der Waals surface area contributed by atoms with E-state index in [-0.39, 0.29) is 25.1 Å². The van der Waals surface area contributed by atoms with Gasteiger partial charge in [-0.15, -0.1) is 6.42 Å². The third-order valence-electron chi connectivity index (χ3n) is 3.27. The van der Waals surface area contributed by atoms with E-state index in [4.69, 9.17) is 11.2 Å². The third kappa shape index (κ3) is 5.30. The molecule has 0 aliphatic heterocycles. The van der Waals surface area contributed by atoms with Crippen LogP contribution in [0, 0.1) is 12.3 Å². The number of nitrogens with zero attached hydrogens (tertiary/aromatic N) is 2. The fraction of sp³-hybridized carbons (Fsp3) is 0.533. The summed E-state index contributed by atoms with van der Waals surface area (Å²) in [6.45, 7) is 0.320. The highest BCUT2D eigenvalue weighted by molar-refractivity contribution is 5.80. The van der Waals surface area contributed by atoms with Crippen LogP contribution >= 0.6 is 0 Å². The van der Waals surface area contributed by atoms with Gasteiger partial charge in [0.25, 0.3) is 0 Å². The molecular formula is C15H20N4O2. The smallest absolute Gasteiger partial charge is 0.240 e. The molecule has 6 heteroatoms. The average molecular weight is 288 g/mol. The van der Waals surface area contributed by atoms with Crippen molar-refractivity contribution in [1.29, 1.82) is 0 Å². The van der Waals surface area contributed by atoms with Crippen molar-refractivity contribution in [3.8, 4) is 18.2 Å². The number of amides is 1. The maximum atomic E-state index is 11.4. The van der Waals surface area contributed by atoms with Crippen molar-refractivity contribution in [2.45, 2.75) is 38.2 Å². The minimum atomic E-state index is -0.187. The van der Waals surface area contributed by atoms with Crippen LogP contribution in [0.4, 0.5) is 5.82 Å². The molecular weight excluding hydrogens is 268 g/mol. The normalized spacial score (nSPS) is 15.0. The largest absolute Gasteiger partial charge is 0.473 e. The standard InChI is InChI=1S/C15H20N4O2/c1-2-8-17-14(20)10-18-13-9-16-11-15(19-13)21-12-6-4-3-5-7-12/h1,9,11-12H,3-8,10H2,(H,17,20)(H,18,19). The number of aromatic nitrogens is 2. The first-order valence-corrected chi connectivity index (χ1v) is 7.20. The molecule has 0 atom stereocenters. The van der Waals surface area contributed by atoms with E-state index in [9.17, 15) is 4.79 Å². The molecule has 0 spiro atoms. The van der Waals surface area contributed by atoms with Crippen LogP contribution in [-0.2, 0) is 4.79 Å². The Morgan fingerprint density at radius 1 is 1.38 bits per heavy atom. The Morgan fingerprint density at radius 2 is 2.19 bits per heavy atom. The van der Waals surface area contributed by atoms with Gasteiger partial charge in [-0.2, -0.15) is 4.98 Å². The summed E-state index contributed by atoms with van der Waals surface area (Å²) in [5, 5.41) is 5.46. The molecule has 1 aliphatic carbocycles. The van der Waals surface area contributed by atoms with Gasteiger partial charge >= 0.3 is 0 Å². The van der Waals surface area contributed by atoms with Crippen LogP contribution < -0.4 is 15.4 Å². The van der Waals surface area contributed by atoms with Crippen molar-refractivity contribution in [2.24, 2.45) is 0 Å². The summed E-state index contributed by atoms with van der Waals surface area (Å²) < 4.78 is 5.83. The molecule has 0 bridgehead atoms. The van der Waals surface area contributed by atoms with E-state index in [1.165, 1.54) is 19.3 Å². The number of carbonyl (C=O) groups excluding carboxylic acids is 1. The summed E-state index contributed by atoms with van der Waals surface area (Å²) in [4.78, 5) is 19.8. The van der Waals surface area contributed by atoms with Crippen molar-refractivity contribution < 1.29 is 9.53 Å². The Bertz CT molecular complexity index is 507. The van der Waals surface area contributed by atoms with Gasteiger partial charge in [0.2, 0.25) is 11.8 Å². The van der Waals surface area contributed by atoms with Gasteiger partial charge in [0.05, 0.1) is 25.5 Å². The first-order valence-electron chi connectivity index (χ1n) is 7.20. The topological polar surface area (TPSA) is 76.1 Å². The average Bonchev–Trinajstić information content (AvgIpc) is 2.52. The van der Waals surface area contributed by atoms with E-state index in [0.717, 1.165) is 12.8 Å². The Balaban J connectivity index is 1.82. The highest BCUT2D eigenvalue weighted by Crippen LogP contribution is 2.22. The molecule has 1 aromatic rings. The number of carbonyl (C=O) groups is 1. The first-order chi connectivity index (χ1) is 10.3. The lowest BCUT2D eigenvalue weighted by molar-refractivity contribution is -0.119. The van der Waals surface area contributed by atoms with Gasteiger partial charge in [-0.05, 0) is 25.7 Å². The second kappa shape index (κ2) is 8.10. The molecule has 1 saturated carbocycles. The van der Waals surface area contributed by atoms with E-state index < -0.39 is 0 Å². The zero-order valence-corrected chi connectivity index (χ0v) is 12.0. The van der Waals surface area contributed by atoms with Gasteiger partial charge in [-0.3, -0.25) is 9.78 Å². The van der Waals surface area contributed by atoms with Gasteiger partial charge in [-0.1, -0.05) is 12.3 Å². The fourth-order valence-electron chi connectivity index (χ4n) is 2.23. The minimum Gasteiger partial charge on any atom is -0.473 e. The van der Waals surface area contributed by atoms with Crippen LogP contribution in [0.1, 0.15) is 32.1 Å². The highest BCUT2D eigenvalue weighted by Gasteiger charge is 2.15. The van der Waals surface area contributed by atoms with Gasteiger partial charge in [0, 0.05) is 0 Å². The van der Waals surface area contributed by atoms with Crippen molar-refractivity contribution in [1.82, 2.24) is 15.3 Å². The molecule has 0 radical (unpaired) electrons. The summed E-state index contributed by atoms with van der Waals surface area (Å²) in [7, 11) is 0. The van der Waals surface area contributed by atoms with Crippen molar-refractivity contribution >= 4 is 11.7 Å². The quantitative estimate of drug-likeness (QED) is 0.773. The van der Waals surface area contributed by atoms with Crippen LogP contribution in [0.25, 0.3) is 0 Å². The Morgan fingerprint density at radius 3 is 2.95 bits per heavy atom. The van der Waals surface area contributed by atoms with Crippen molar-refractivity contribution in [3.05, 3.63) is 12.4 Å². The van der Waals surface area contributed by atoms with Gasteiger partial charge < -0.3 is 15.4 Å². The highest BCUT2D eigenvalue weighted by atomic mass is 16.5. The second-order valence-corrected chi connectivity index (χ2v) is 4.95. The summed E-state index contributed by atoms with van der Waals surface area (Å²) in [5.41, 5.74) is 0. The molecule has 0 unspecified atom stereocenters. The molecule has 21 heavy (non-hydrogen) atoms. The summed E-state index contributed by atoms with van der Waals surface area (Å²) in [5.74, 6) is 3.17. The fourth-order valence-corrected chi connectivity index (χ4v) is 2.23. The molecule has 1 aliphatic rings. The predicted molar refractivity (Wildman–Crippen MR) is 79.9 cm³/mol. The van der Waals surface area contributed by atoms with E-state index in [1.54, 1.807) is 12.4 Å². The Labute approximate surface area is 124 Å². The van der Waals surface area contributed by atoms with E-state index in [0.29, 0.717) is 11.7 Å². The van der Waals surface area contributed by atoms with Crippen LogP contribution in [0.2, 0.25) is 0 Å². The van der Waals surface area contributed by atoms with Gasteiger partial charge in [0.1, 0.15) is 11.9 Å². The second-order valence-electron chi connectivity index (χ2n) is 4.95. The third-order valence-corrected chi connectivity index (χ3v) is 3.27. The molecule has 0 aromatic carbocycles. The number of rotatable bonds is 6. The number of hydrogen-bond acceptors (Lipinski definition) is 5. The zero-order valence-electron chi connectivity index (χ0n) is 12.0. The maximum absolute atomic E-state index is 11.4. The van der Waals surface area contributed by atoms with Crippen LogP contribution in [-0.4, -0.2) is 35.1 Å². The molecule has 112 valence electrons. The monoisotopic (exact) mass is 288 g/mol. The Hall–Kier alpha value is -2.29. The minimum absolute atomic E-state index is 0.100. The molecule has 1 aromatic heterocycles. The molecule has 6 nitrogen and oxygen atoms in total. The maximum Gasteiger partial charge on any atom is 0.240 e. The van der Waals surface area contributed by atoms with Crippen LogP contribution in [0.5, 0.6) is 5.88 Å². The SMILES string of the molecule is C#CCNC(=O)CNc1cncc(OC2CCCCC2)n1. The van der Waals surface area contributed by atoms with E-state index >= 15 is 0 Å². The number of ether oxygens (including phenoxy) is 1. The van der Waals surface area contributed by atoms with Crippen LogP contribution in [0.15, 0.2) is 12.4 Å². The van der Waals surface area contributed by atoms with Crippen molar-refractivity contribution in [2.75, 3.05) is 18.4 Å². The molecule has 2 rings (SSSR count). The Kier molecular flexibility index (Phi) is 5.83. The summed E-state index contributed by atoms with van der Waals surface area (Å²) in [6.07, 6.45) is 14.3. The summed E-state index contributed by atoms with van der Waals surface area (Å²) in [6, 6.07) is 0. The lowest BCUT2D eigenvalue weighted by atomic mass is 9.98. The van der Waals surface area contributed by atoms with Crippen molar-refractivity contribution in [3.63, 3.8) is 0 Å². The lowest BCUT2D eigenvalue weighted by Gasteiger charge is -2.22. The number of hydrogen-bond donors (Lipinski definition) is 2. The molecule has 1 heterocycles.